The lowest BCUT2D eigenvalue weighted by atomic mass is 10.0. The Hall–Kier alpha value is -1.15. The summed E-state index contributed by atoms with van der Waals surface area (Å²) in [6.07, 6.45) is 22.7. The van der Waals surface area contributed by atoms with E-state index in [2.05, 4.69) is 31.2 Å². The van der Waals surface area contributed by atoms with Gasteiger partial charge in [-0.1, -0.05) is 134 Å². The molecule has 0 heterocycles. The Kier molecular flexibility index (Phi) is 15.7. The van der Waals surface area contributed by atoms with E-state index >= 15 is 0 Å². The van der Waals surface area contributed by atoms with Crippen molar-refractivity contribution in [3.05, 3.63) is 35.9 Å². The zero-order valence-electron chi connectivity index (χ0n) is 20.5. The monoisotopic (exact) mass is 416 g/mol. The summed E-state index contributed by atoms with van der Waals surface area (Å²) < 4.78 is 0.461. The molecule has 0 fully saturated rings. The predicted octanol–water partition coefficient (Wildman–Crippen LogP) is 8.44. The highest BCUT2D eigenvalue weighted by molar-refractivity contribution is 5.68. The number of amides is 1. The summed E-state index contributed by atoms with van der Waals surface area (Å²) in [5.74, 6) is 0.365. The maximum Gasteiger partial charge on any atom is 0.313 e. The van der Waals surface area contributed by atoms with Gasteiger partial charge in [-0.05, 0) is 6.42 Å². The van der Waals surface area contributed by atoms with Crippen molar-refractivity contribution in [3.63, 3.8) is 0 Å². The highest BCUT2D eigenvalue weighted by atomic mass is 16.2. The number of benzene rings is 1. The second-order valence-corrected chi connectivity index (χ2v) is 9.78. The molecule has 0 radical (unpaired) electrons. The molecule has 0 spiro atoms. The molecule has 0 atom stereocenters. The molecule has 1 aromatic rings. The molecule has 1 rings (SSSR count). The molecule has 172 valence electrons. The van der Waals surface area contributed by atoms with Crippen LogP contribution in [-0.2, 0) is 11.3 Å². The van der Waals surface area contributed by atoms with Crippen molar-refractivity contribution >= 4 is 5.91 Å². The van der Waals surface area contributed by atoms with Gasteiger partial charge in [0.2, 0.25) is 0 Å². The van der Waals surface area contributed by atoms with E-state index in [-0.39, 0.29) is 0 Å². The minimum absolute atomic E-state index is 0.365. The second-order valence-electron chi connectivity index (χ2n) is 9.78. The van der Waals surface area contributed by atoms with Gasteiger partial charge in [-0.2, -0.15) is 0 Å². The largest absolute Gasteiger partial charge is 0.313 e. The molecule has 0 bridgehead atoms. The molecule has 2 heteroatoms. The SMILES string of the molecule is CCCCCCCCCCCCCCCCCCC(=O)[N+](C)(C)Cc1ccccc1. The normalized spacial score (nSPS) is 11.7. The van der Waals surface area contributed by atoms with Gasteiger partial charge < -0.3 is 0 Å². The van der Waals surface area contributed by atoms with Crippen molar-refractivity contribution in [3.8, 4) is 0 Å². The van der Waals surface area contributed by atoms with Gasteiger partial charge in [0.1, 0.15) is 6.54 Å². The van der Waals surface area contributed by atoms with Crippen molar-refractivity contribution in [2.24, 2.45) is 0 Å². The molecular formula is C28H50NO+. The average Bonchev–Trinajstić information content (AvgIpc) is 2.73. The van der Waals surface area contributed by atoms with Crippen LogP contribution in [0.2, 0.25) is 0 Å². The molecule has 0 N–H and O–H groups in total. The molecule has 0 aliphatic rings. The van der Waals surface area contributed by atoms with Crippen LogP contribution in [-0.4, -0.2) is 24.5 Å². The standard InChI is InChI=1S/C28H50NO/c1-4-5-6-7-8-9-10-11-12-13-14-15-16-17-18-22-25-28(30)29(2,3)26-27-23-20-19-21-24-27/h19-21,23-24H,4-18,22,25-26H2,1-3H3/q+1. The minimum Gasteiger partial charge on any atom is -0.262 e. The quantitative estimate of drug-likeness (QED) is 0.163. The zero-order valence-corrected chi connectivity index (χ0v) is 20.5. The topological polar surface area (TPSA) is 17.1 Å². The molecule has 30 heavy (non-hydrogen) atoms. The number of carbonyl (C=O) groups excluding carboxylic acids is 1. The molecule has 1 aromatic carbocycles. The van der Waals surface area contributed by atoms with Crippen LogP contribution in [0.5, 0.6) is 0 Å². The van der Waals surface area contributed by atoms with Gasteiger partial charge >= 0.3 is 5.91 Å². The summed E-state index contributed by atoms with van der Waals surface area (Å²) in [6.45, 7) is 3.08. The fourth-order valence-corrected chi connectivity index (χ4v) is 4.26. The molecule has 0 aliphatic carbocycles. The van der Waals surface area contributed by atoms with Crippen molar-refractivity contribution in [1.82, 2.24) is 0 Å². The first-order valence-corrected chi connectivity index (χ1v) is 13.0. The van der Waals surface area contributed by atoms with Crippen LogP contribution in [0.1, 0.15) is 122 Å². The Labute approximate surface area is 188 Å². The minimum atomic E-state index is 0.365. The van der Waals surface area contributed by atoms with E-state index in [0.29, 0.717) is 10.4 Å². The Morgan fingerprint density at radius 1 is 0.633 bits per heavy atom. The Bertz CT molecular complexity index is 523. The lowest BCUT2D eigenvalue weighted by molar-refractivity contribution is -0.828. The van der Waals surface area contributed by atoms with Gasteiger partial charge in [-0.15, -0.1) is 0 Å². The summed E-state index contributed by atoms with van der Waals surface area (Å²) >= 11 is 0. The third-order valence-electron chi connectivity index (χ3n) is 6.34. The van der Waals surface area contributed by atoms with E-state index in [0.717, 1.165) is 19.4 Å². The van der Waals surface area contributed by atoms with E-state index in [1.54, 1.807) is 0 Å². The lowest BCUT2D eigenvalue weighted by Gasteiger charge is -2.27. The van der Waals surface area contributed by atoms with E-state index in [1.807, 2.05) is 20.2 Å². The van der Waals surface area contributed by atoms with Crippen LogP contribution in [0, 0.1) is 0 Å². The fourth-order valence-electron chi connectivity index (χ4n) is 4.26. The number of hydrogen-bond acceptors (Lipinski definition) is 1. The van der Waals surface area contributed by atoms with Crippen LogP contribution in [0.15, 0.2) is 30.3 Å². The van der Waals surface area contributed by atoms with Gasteiger partial charge in [0.25, 0.3) is 0 Å². The summed E-state index contributed by atoms with van der Waals surface area (Å²) in [5, 5.41) is 0. The Balaban J connectivity index is 1.89. The number of quaternary nitrogens is 1. The van der Waals surface area contributed by atoms with Crippen molar-refractivity contribution in [2.45, 2.75) is 123 Å². The molecule has 2 nitrogen and oxygen atoms in total. The smallest absolute Gasteiger partial charge is 0.262 e. The third kappa shape index (κ3) is 14.0. The van der Waals surface area contributed by atoms with Gasteiger partial charge in [0.15, 0.2) is 0 Å². The van der Waals surface area contributed by atoms with E-state index in [1.165, 1.54) is 102 Å². The number of unbranched alkanes of at least 4 members (excludes halogenated alkanes) is 15. The number of nitrogens with zero attached hydrogens (tertiary/aromatic N) is 1. The van der Waals surface area contributed by atoms with Crippen molar-refractivity contribution in [2.75, 3.05) is 14.1 Å². The highest BCUT2D eigenvalue weighted by Gasteiger charge is 2.25. The van der Waals surface area contributed by atoms with E-state index < -0.39 is 0 Å². The summed E-state index contributed by atoms with van der Waals surface area (Å²) in [4.78, 5) is 12.6. The lowest BCUT2D eigenvalue weighted by Crippen LogP contribution is -2.44. The first kappa shape index (κ1) is 26.9. The maximum absolute atomic E-state index is 12.6. The van der Waals surface area contributed by atoms with Crippen LogP contribution in [0.25, 0.3) is 0 Å². The van der Waals surface area contributed by atoms with Crippen LogP contribution in [0.3, 0.4) is 0 Å². The summed E-state index contributed by atoms with van der Waals surface area (Å²) in [6, 6.07) is 10.4. The van der Waals surface area contributed by atoms with Crippen molar-refractivity contribution < 1.29 is 9.28 Å². The zero-order chi connectivity index (χ0) is 21.9. The van der Waals surface area contributed by atoms with Crippen LogP contribution in [0.4, 0.5) is 0 Å². The molecule has 0 aliphatic heterocycles. The van der Waals surface area contributed by atoms with Gasteiger partial charge in [0, 0.05) is 5.56 Å². The molecular weight excluding hydrogens is 366 g/mol. The Morgan fingerprint density at radius 2 is 1.03 bits per heavy atom. The fraction of sp³-hybridized carbons (Fsp3) is 0.750. The van der Waals surface area contributed by atoms with Gasteiger partial charge in [-0.3, -0.25) is 4.48 Å². The van der Waals surface area contributed by atoms with Gasteiger partial charge in [-0.25, -0.2) is 4.79 Å². The molecule has 0 aromatic heterocycles. The van der Waals surface area contributed by atoms with E-state index in [9.17, 15) is 4.79 Å². The van der Waals surface area contributed by atoms with Crippen molar-refractivity contribution in [1.29, 1.82) is 0 Å². The average molecular weight is 417 g/mol. The summed E-state index contributed by atoms with van der Waals surface area (Å²) in [7, 11) is 4.09. The third-order valence-corrected chi connectivity index (χ3v) is 6.34. The molecule has 0 saturated carbocycles. The highest BCUT2D eigenvalue weighted by Crippen LogP contribution is 2.16. The van der Waals surface area contributed by atoms with Gasteiger partial charge in [0.05, 0.1) is 20.5 Å². The first-order chi connectivity index (χ1) is 14.6. The second kappa shape index (κ2) is 17.5. The molecule has 0 saturated heterocycles. The van der Waals surface area contributed by atoms with E-state index in [4.69, 9.17) is 0 Å². The van der Waals surface area contributed by atoms with Crippen LogP contribution >= 0.6 is 0 Å². The maximum atomic E-state index is 12.6. The Morgan fingerprint density at radius 3 is 1.47 bits per heavy atom. The number of hydrogen-bond donors (Lipinski definition) is 0. The summed E-state index contributed by atoms with van der Waals surface area (Å²) in [5.41, 5.74) is 1.24. The molecule has 0 unspecified atom stereocenters. The first-order valence-electron chi connectivity index (χ1n) is 13.0. The van der Waals surface area contributed by atoms with Crippen LogP contribution < -0.4 is 0 Å². The number of carbonyl (C=O) groups is 1. The molecule has 1 amide bonds. The predicted molar refractivity (Wildman–Crippen MR) is 131 cm³/mol. The number of rotatable bonds is 19.